The number of aromatic amines is 1. The smallest absolute Gasteiger partial charge is 0.192 e. The second-order valence-electron chi connectivity index (χ2n) is 6.99. The Labute approximate surface area is 179 Å². The van der Waals surface area contributed by atoms with Crippen molar-refractivity contribution in [2.24, 2.45) is 0 Å². The molecular formula is C21H25N5O3S. The first-order valence-corrected chi connectivity index (χ1v) is 10.5. The van der Waals surface area contributed by atoms with Crippen LogP contribution in [-0.2, 0) is 11.3 Å². The third-order valence-electron chi connectivity index (χ3n) is 4.86. The molecule has 0 fully saturated rings. The van der Waals surface area contributed by atoms with Crippen LogP contribution in [0.3, 0.4) is 0 Å². The summed E-state index contributed by atoms with van der Waals surface area (Å²) >= 11 is 1.33. The molecule has 158 valence electrons. The van der Waals surface area contributed by atoms with Crippen molar-refractivity contribution in [3.63, 3.8) is 0 Å². The van der Waals surface area contributed by atoms with E-state index in [1.165, 1.54) is 18.7 Å². The number of rotatable bonds is 9. The average Bonchev–Trinajstić information content (AvgIpc) is 3.26. The summed E-state index contributed by atoms with van der Waals surface area (Å²) < 4.78 is 7.18. The highest BCUT2D eigenvalue weighted by molar-refractivity contribution is 8.00. The molecule has 3 aromatic rings. The van der Waals surface area contributed by atoms with Crippen LogP contribution in [0.2, 0.25) is 0 Å². The highest BCUT2D eigenvalue weighted by Gasteiger charge is 2.26. The van der Waals surface area contributed by atoms with Gasteiger partial charge in [-0.25, -0.2) is 0 Å². The van der Waals surface area contributed by atoms with Crippen LogP contribution in [0.15, 0.2) is 29.7 Å². The fourth-order valence-corrected chi connectivity index (χ4v) is 4.35. The number of carbonyl (C=O) groups excluding carboxylic acids is 2. The Morgan fingerprint density at radius 3 is 2.53 bits per heavy atom. The number of hydrogen-bond acceptors (Lipinski definition) is 7. The maximum absolute atomic E-state index is 13.1. The van der Waals surface area contributed by atoms with Crippen LogP contribution in [0.4, 0.5) is 0 Å². The van der Waals surface area contributed by atoms with Crippen LogP contribution in [0.5, 0.6) is 0 Å². The van der Waals surface area contributed by atoms with Gasteiger partial charge in [0.1, 0.15) is 0 Å². The number of carbonyl (C=O) groups is 2. The van der Waals surface area contributed by atoms with Crippen molar-refractivity contribution < 1.29 is 14.3 Å². The summed E-state index contributed by atoms with van der Waals surface area (Å²) in [6.07, 6.45) is 3.40. The molecule has 0 aliphatic rings. The van der Waals surface area contributed by atoms with Gasteiger partial charge in [0, 0.05) is 36.3 Å². The SMILES string of the molecule is COCCn1c(SC(C)C(=O)c2[nH]c(C)c(C(C)=O)c2C)nnc1-c1ccncc1. The molecule has 1 N–H and O–H groups in total. The first-order valence-electron chi connectivity index (χ1n) is 9.58. The number of aromatic nitrogens is 5. The van der Waals surface area contributed by atoms with Gasteiger partial charge in [-0.3, -0.25) is 19.1 Å². The van der Waals surface area contributed by atoms with Crippen LogP contribution in [0.1, 0.15) is 46.0 Å². The zero-order chi connectivity index (χ0) is 21.8. The summed E-state index contributed by atoms with van der Waals surface area (Å²) in [5.74, 6) is 0.559. The highest BCUT2D eigenvalue weighted by atomic mass is 32.2. The van der Waals surface area contributed by atoms with E-state index in [0.29, 0.717) is 46.6 Å². The Kier molecular flexibility index (Phi) is 6.84. The average molecular weight is 428 g/mol. The Hall–Kier alpha value is -2.78. The summed E-state index contributed by atoms with van der Waals surface area (Å²) in [7, 11) is 1.64. The van der Waals surface area contributed by atoms with E-state index in [1.54, 1.807) is 33.4 Å². The Morgan fingerprint density at radius 2 is 1.93 bits per heavy atom. The quantitative estimate of drug-likeness (QED) is 0.412. The van der Waals surface area contributed by atoms with Crippen molar-refractivity contribution >= 4 is 23.3 Å². The van der Waals surface area contributed by atoms with Crippen LogP contribution in [0.25, 0.3) is 11.4 Å². The van der Waals surface area contributed by atoms with E-state index in [2.05, 4.69) is 20.2 Å². The van der Waals surface area contributed by atoms with E-state index in [0.717, 1.165) is 5.56 Å². The second kappa shape index (κ2) is 9.36. The standard InChI is InChI=1S/C21H25N5O3S/c1-12-17(14(3)27)13(2)23-18(12)19(28)15(4)30-21-25-24-20(26(21)10-11-29-5)16-6-8-22-9-7-16/h6-9,15,23H,10-11H2,1-5H3. The Bertz CT molecular complexity index is 1060. The first-order chi connectivity index (χ1) is 14.3. The molecule has 0 spiro atoms. The minimum atomic E-state index is -0.419. The summed E-state index contributed by atoms with van der Waals surface area (Å²) in [6, 6.07) is 3.73. The Morgan fingerprint density at radius 1 is 1.23 bits per heavy atom. The van der Waals surface area contributed by atoms with E-state index in [4.69, 9.17) is 4.74 Å². The molecule has 8 nitrogen and oxygen atoms in total. The lowest BCUT2D eigenvalue weighted by molar-refractivity contribution is 0.0988. The van der Waals surface area contributed by atoms with Gasteiger partial charge in [-0.15, -0.1) is 10.2 Å². The van der Waals surface area contributed by atoms with Gasteiger partial charge in [0.05, 0.1) is 24.1 Å². The van der Waals surface area contributed by atoms with E-state index in [9.17, 15) is 9.59 Å². The number of nitrogens with zero attached hydrogens (tertiary/aromatic N) is 4. The van der Waals surface area contributed by atoms with Crippen LogP contribution in [-0.4, -0.2) is 55.3 Å². The third-order valence-corrected chi connectivity index (χ3v) is 5.94. The molecule has 3 aromatic heterocycles. The van der Waals surface area contributed by atoms with Crippen molar-refractivity contribution in [2.45, 2.75) is 44.6 Å². The van der Waals surface area contributed by atoms with Gasteiger partial charge < -0.3 is 9.72 Å². The lowest BCUT2D eigenvalue weighted by atomic mass is 10.0. The third kappa shape index (κ3) is 4.36. The monoisotopic (exact) mass is 427 g/mol. The molecule has 0 saturated carbocycles. The first kappa shape index (κ1) is 21.9. The number of nitrogens with one attached hydrogen (secondary N) is 1. The van der Waals surface area contributed by atoms with E-state index >= 15 is 0 Å². The summed E-state index contributed by atoms with van der Waals surface area (Å²) in [4.78, 5) is 32.1. The van der Waals surface area contributed by atoms with E-state index in [1.807, 2.05) is 23.6 Å². The lowest BCUT2D eigenvalue weighted by Gasteiger charge is -2.13. The maximum atomic E-state index is 13.1. The molecule has 0 radical (unpaired) electrons. The molecule has 9 heteroatoms. The molecule has 30 heavy (non-hydrogen) atoms. The molecule has 0 aliphatic carbocycles. The van der Waals surface area contributed by atoms with Crippen LogP contribution in [0, 0.1) is 13.8 Å². The minimum Gasteiger partial charge on any atom is -0.383 e. The van der Waals surface area contributed by atoms with Gasteiger partial charge in [0.15, 0.2) is 22.5 Å². The van der Waals surface area contributed by atoms with Gasteiger partial charge in [-0.1, -0.05) is 11.8 Å². The fourth-order valence-electron chi connectivity index (χ4n) is 3.41. The predicted octanol–water partition coefficient (Wildman–Crippen LogP) is 3.50. The molecule has 1 unspecified atom stereocenters. The van der Waals surface area contributed by atoms with Crippen LogP contribution < -0.4 is 0 Å². The van der Waals surface area contributed by atoms with Gasteiger partial charge in [0.25, 0.3) is 0 Å². The van der Waals surface area contributed by atoms with Crippen molar-refractivity contribution in [1.29, 1.82) is 0 Å². The molecule has 1 atom stereocenters. The number of aryl methyl sites for hydroxylation is 1. The lowest BCUT2D eigenvalue weighted by Crippen LogP contribution is -2.17. The molecule has 3 rings (SSSR count). The zero-order valence-electron chi connectivity index (χ0n) is 17.7. The summed E-state index contributed by atoms with van der Waals surface area (Å²) in [6.45, 7) is 7.99. The Balaban J connectivity index is 1.89. The molecule has 0 saturated heterocycles. The van der Waals surface area contributed by atoms with Crippen molar-refractivity contribution in [3.05, 3.63) is 47.0 Å². The zero-order valence-corrected chi connectivity index (χ0v) is 18.5. The minimum absolute atomic E-state index is 0.0538. The van der Waals surface area contributed by atoms with Gasteiger partial charge in [-0.05, 0) is 45.4 Å². The number of ether oxygens (including phenoxy) is 1. The fraction of sp³-hybridized carbons (Fsp3) is 0.381. The molecule has 3 heterocycles. The molecular weight excluding hydrogens is 402 g/mol. The number of hydrogen-bond donors (Lipinski definition) is 1. The number of pyridine rings is 1. The molecule has 0 bridgehead atoms. The van der Waals surface area contributed by atoms with Gasteiger partial charge in [0.2, 0.25) is 0 Å². The number of H-pyrrole nitrogens is 1. The number of ketones is 2. The van der Waals surface area contributed by atoms with E-state index in [-0.39, 0.29) is 11.6 Å². The predicted molar refractivity (Wildman–Crippen MR) is 115 cm³/mol. The maximum Gasteiger partial charge on any atom is 0.192 e. The van der Waals surface area contributed by atoms with E-state index < -0.39 is 5.25 Å². The molecule has 0 aromatic carbocycles. The summed E-state index contributed by atoms with van der Waals surface area (Å²) in [5, 5.41) is 8.86. The number of thioether (sulfide) groups is 1. The number of methoxy groups -OCH3 is 1. The van der Waals surface area contributed by atoms with Crippen molar-refractivity contribution in [1.82, 2.24) is 24.7 Å². The van der Waals surface area contributed by atoms with Crippen molar-refractivity contribution in [2.75, 3.05) is 13.7 Å². The second-order valence-corrected chi connectivity index (χ2v) is 8.30. The number of Topliss-reactive ketones (excluding diaryl/α,β-unsaturated/α-hetero) is 2. The van der Waals surface area contributed by atoms with Crippen molar-refractivity contribution in [3.8, 4) is 11.4 Å². The normalized spacial score (nSPS) is 12.2. The van der Waals surface area contributed by atoms with Gasteiger partial charge in [-0.2, -0.15) is 0 Å². The van der Waals surface area contributed by atoms with Gasteiger partial charge >= 0.3 is 0 Å². The largest absolute Gasteiger partial charge is 0.383 e. The summed E-state index contributed by atoms with van der Waals surface area (Å²) in [5.41, 5.74) is 3.34. The molecule has 0 amide bonds. The highest BCUT2D eigenvalue weighted by Crippen LogP contribution is 2.29. The molecule has 0 aliphatic heterocycles. The van der Waals surface area contributed by atoms with Crippen LogP contribution >= 0.6 is 11.8 Å². The topological polar surface area (TPSA) is 103 Å².